The van der Waals surface area contributed by atoms with Crippen LogP contribution in [0.3, 0.4) is 0 Å². The van der Waals surface area contributed by atoms with Gasteiger partial charge in [0.15, 0.2) is 11.6 Å². The average molecular weight is 956 g/mol. The summed E-state index contributed by atoms with van der Waals surface area (Å²) in [5.74, 6) is -6.94. The Labute approximate surface area is 406 Å². The first-order chi connectivity index (χ1) is 32.3. The van der Waals surface area contributed by atoms with Gasteiger partial charge in [-0.25, -0.2) is 4.79 Å². The van der Waals surface area contributed by atoms with Crippen LogP contribution in [-0.4, -0.2) is 134 Å². The minimum Gasteiger partial charge on any atom is -0.460 e. The van der Waals surface area contributed by atoms with E-state index < -0.39 is 59.8 Å². The summed E-state index contributed by atoms with van der Waals surface area (Å²) >= 11 is 0. The maximum atomic E-state index is 14.5. The maximum absolute atomic E-state index is 14.5. The molecule has 0 aromatic carbocycles. The fourth-order valence-electron chi connectivity index (χ4n) is 10.7. The van der Waals surface area contributed by atoms with Crippen molar-refractivity contribution in [3.8, 4) is 0 Å². The lowest BCUT2D eigenvalue weighted by molar-refractivity contribution is -0.265. The highest BCUT2D eigenvalue weighted by atomic mass is 16.6. The van der Waals surface area contributed by atoms with Crippen LogP contribution in [0, 0.1) is 41.4 Å². The third-order valence-electron chi connectivity index (χ3n) is 15.3. The van der Waals surface area contributed by atoms with Crippen LogP contribution < -0.4 is 0 Å². The van der Waals surface area contributed by atoms with Gasteiger partial charge in [0.05, 0.1) is 37.6 Å². The van der Waals surface area contributed by atoms with Gasteiger partial charge in [0, 0.05) is 52.6 Å². The molecule has 2 saturated heterocycles. The quantitative estimate of drug-likeness (QED) is 0.172. The van der Waals surface area contributed by atoms with Gasteiger partial charge in [-0.2, -0.15) is 0 Å². The lowest BCUT2D eigenvalue weighted by atomic mass is 9.78. The van der Waals surface area contributed by atoms with E-state index in [0.29, 0.717) is 56.9 Å². The lowest BCUT2D eigenvalue weighted by Gasteiger charge is -2.42. The Morgan fingerprint density at radius 3 is 2.26 bits per heavy atom. The van der Waals surface area contributed by atoms with Gasteiger partial charge in [-0.1, -0.05) is 78.0 Å². The molecule has 1 saturated carbocycles. The highest BCUT2D eigenvalue weighted by Gasteiger charge is 2.53. The van der Waals surface area contributed by atoms with Crippen molar-refractivity contribution < 1.29 is 62.6 Å². The number of ketones is 3. The number of aliphatic hydroxyl groups excluding tert-OH is 1. The van der Waals surface area contributed by atoms with Crippen molar-refractivity contribution in [2.24, 2.45) is 41.4 Å². The molecule has 4 rings (SSSR count). The topological polar surface area (TPSA) is 184 Å². The number of methoxy groups -OCH3 is 3. The number of fused-ring (bicyclic) bond motifs is 3. The van der Waals surface area contributed by atoms with E-state index in [0.717, 1.165) is 18.4 Å². The SMILES string of the molecule is CO[C@H]1C[C@@H]2CC[C@@H](C)[C@@](O)(O2)C(=O)C(=O)N2CCCC[C@H]2C(=O)OC([C@H](C)C[C@@H]2CC[C@H](OCCO)[C@H](OC)C2)CC(=O)C(C)=CC(C)[C@@H](C)[C@@H](OC)C(=O)[C@H](C)C[C@H](C)C=CC=CC=C1C. The molecule has 15 atom stereocenters. The standard InChI is InChI=1S/C54H85NO13/c1-33-17-13-12-14-18-34(2)46(63-9)31-42-22-20-39(7)54(62,68-42)51(59)52(60)55-24-16-15-19-43(55)53(61)67-47(37(5)29-41-21-23-45(66-26-25-56)48(30-41)64-10)32-44(57)36(4)28-35(3)40(8)50(65-11)49(58)38(6)27-33/h12-14,17-18,28,33,35,37-43,45-48,50,56,62H,15-16,19-27,29-32H2,1-11H3/t33-,35?,37-,38-,39-,40-,41+,42+,43+,45+,46+,47?,48-,50-,54-/m1/s1. The average Bonchev–Trinajstić information content (AvgIpc) is 3.32. The van der Waals surface area contributed by atoms with Gasteiger partial charge in [0.1, 0.15) is 18.2 Å². The van der Waals surface area contributed by atoms with Crippen LogP contribution in [-0.2, 0) is 52.4 Å². The van der Waals surface area contributed by atoms with Crippen molar-refractivity contribution in [2.45, 2.75) is 181 Å². The number of hydrogen-bond acceptors (Lipinski definition) is 13. The minimum atomic E-state index is -2.42. The van der Waals surface area contributed by atoms with Crippen LogP contribution in [0.4, 0.5) is 0 Å². The summed E-state index contributed by atoms with van der Waals surface area (Å²) in [4.78, 5) is 72.4. The third-order valence-corrected chi connectivity index (χ3v) is 15.3. The number of nitrogens with zero attached hydrogens (tertiary/aromatic N) is 1. The van der Waals surface area contributed by atoms with Crippen LogP contribution in [0.5, 0.6) is 0 Å². The van der Waals surface area contributed by atoms with E-state index in [2.05, 4.69) is 13.0 Å². The van der Waals surface area contributed by atoms with Gasteiger partial charge in [0.25, 0.3) is 11.7 Å². The van der Waals surface area contributed by atoms with E-state index in [-0.39, 0.29) is 91.9 Å². The molecule has 68 heavy (non-hydrogen) atoms. The molecule has 0 aromatic rings. The molecule has 0 radical (unpaired) electrons. The zero-order valence-electron chi connectivity index (χ0n) is 43.0. The monoisotopic (exact) mass is 956 g/mol. The summed E-state index contributed by atoms with van der Waals surface area (Å²) < 4.78 is 35.9. The molecule has 2 unspecified atom stereocenters. The molecule has 2 bridgehead atoms. The summed E-state index contributed by atoms with van der Waals surface area (Å²) in [5, 5.41) is 21.3. The minimum absolute atomic E-state index is 0.00503. The first-order valence-electron chi connectivity index (χ1n) is 25.3. The van der Waals surface area contributed by atoms with E-state index in [1.165, 1.54) is 4.90 Å². The Morgan fingerprint density at radius 2 is 1.59 bits per heavy atom. The number of carbonyl (C=O) groups excluding carboxylic acids is 5. The molecule has 3 aliphatic heterocycles. The van der Waals surface area contributed by atoms with Crippen molar-refractivity contribution in [3.63, 3.8) is 0 Å². The number of Topliss-reactive ketones (excluding diaryl/α,β-unsaturated/α-hetero) is 3. The van der Waals surface area contributed by atoms with Crippen molar-refractivity contribution in [3.05, 3.63) is 47.6 Å². The van der Waals surface area contributed by atoms with Gasteiger partial charge in [-0.3, -0.25) is 19.2 Å². The van der Waals surface area contributed by atoms with E-state index in [4.69, 9.17) is 28.4 Å². The van der Waals surface area contributed by atoms with Crippen LogP contribution in [0.25, 0.3) is 0 Å². The summed E-state index contributed by atoms with van der Waals surface area (Å²) in [6, 6.07) is -1.11. The molecule has 3 fully saturated rings. The number of cyclic esters (lactones) is 1. The zero-order valence-corrected chi connectivity index (χ0v) is 43.0. The number of piperidine rings is 1. The predicted octanol–water partition coefficient (Wildman–Crippen LogP) is 7.47. The maximum Gasteiger partial charge on any atom is 0.329 e. The number of allylic oxidation sites excluding steroid dienone is 7. The highest BCUT2D eigenvalue weighted by Crippen LogP contribution is 2.38. The Morgan fingerprint density at radius 1 is 0.853 bits per heavy atom. The molecule has 1 aliphatic carbocycles. The fourth-order valence-corrected chi connectivity index (χ4v) is 10.7. The zero-order chi connectivity index (χ0) is 50.3. The fraction of sp³-hybridized carbons (Fsp3) is 0.759. The van der Waals surface area contributed by atoms with Crippen LogP contribution in [0.15, 0.2) is 47.6 Å². The van der Waals surface area contributed by atoms with Gasteiger partial charge in [0.2, 0.25) is 5.79 Å². The second-order valence-electron chi connectivity index (χ2n) is 20.5. The second-order valence-corrected chi connectivity index (χ2v) is 20.5. The molecule has 384 valence electrons. The number of rotatable bonds is 9. The predicted molar refractivity (Wildman–Crippen MR) is 259 cm³/mol. The first kappa shape index (κ1) is 57.2. The summed E-state index contributed by atoms with van der Waals surface area (Å²) in [6.07, 6.45) is 14.8. The largest absolute Gasteiger partial charge is 0.460 e. The molecule has 1 amide bonds. The lowest BCUT2D eigenvalue weighted by Crippen LogP contribution is -2.61. The van der Waals surface area contributed by atoms with Gasteiger partial charge in [-0.15, -0.1) is 0 Å². The smallest absolute Gasteiger partial charge is 0.329 e. The molecule has 14 heteroatoms. The first-order valence-corrected chi connectivity index (χ1v) is 25.3. The van der Waals surface area contributed by atoms with E-state index >= 15 is 0 Å². The normalized spacial score (nSPS) is 36.7. The molecule has 0 aromatic heterocycles. The van der Waals surface area contributed by atoms with Crippen molar-refractivity contribution in [1.82, 2.24) is 4.90 Å². The Kier molecular flexibility index (Phi) is 23.0. The van der Waals surface area contributed by atoms with Gasteiger partial charge < -0.3 is 43.5 Å². The van der Waals surface area contributed by atoms with Crippen molar-refractivity contribution >= 4 is 29.2 Å². The number of ether oxygens (including phenoxy) is 6. The molecule has 4 aliphatic rings. The molecule has 3 heterocycles. The summed E-state index contributed by atoms with van der Waals surface area (Å²) in [6.45, 7) is 15.5. The van der Waals surface area contributed by atoms with Crippen molar-refractivity contribution in [2.75, 3.05) is 41.1 Å². The van der Waals surface area contributed by atoms with Crippen molar-refractivity contribution in [1.29, 1.82) is 0 Å². The molecule has 0 spiro atoms. The Hall–Kier alpha value is -3.37. The Balaban J connectivity index is 1.70. The van der Waals surface area contributed by atoms with E-state index in [1.54, 1.807) is 35.2 Å². The van der Waals surface area contributed by atoms with E-state index in [9.17, 15) is 34.2 Å². The Bertz CT molecular complexity index is 1810. The van der Waals surface area contributed by atoms with Gasteiger partial charge >= 0.3 is 5.97 Å². The number of amides is 1. The number of hydrogen-bond donors (Lipinski definition) is 2. The van der Waals surface area contributed by atoms with Crippen LogP contribution in [0.2, 0.25) is 0 Å². The second kappa shape index (κ2) is 27.3. The molecular formula is C54H85NO13. The van der Waals surface area contributed by atoms with Gasteiger partial charge in [-0.05, 0) is 119 Å². The molecule has 2 N–H and O–H groups in total. The molecule has 14 nitrogen and oxygen atoms in total. The number of carbonyl (C=O) groups is 5. The van der Waals surface area contributed by atoms with E-state index in [1.807, 2.05) is 65.0 Å². The summed E-state index contributed by atoms with van der Waals surface area (Å²) in [7, 11) is 4.78. The molecular weight excluding hydrogens is 871 g/mol. The number of esters is 1. The highest BCUT2D eigenvalue weighted by molar-refractivity contribution is 6.39. The third kappa shape index (κ3) is 15.3. The number of aliphatic hydroxyl groups is 2. The summed E-state index contributed by atoms with van der Waals surface area (Å²) in [5.41, 5.74) is 1.37. The van der Waals surface area contributed by atoms with Crippen LogP contribution >= 0.6 is 0 Å². The van der Waals surface area contributed by atoms with Crippen LogP contribution in [0.1, 0.15) is 132 Å².